The van der Waals surface area contributed by atoms with E-state index in [1.165, 1.54) is 4.57 Å². The lowest BCUT2D eigenvalue weighted by Gasteiger charge is -2.14. The number of anilines is 1. The second-order valence-corrected chi connectivity index (χ2v) is 3.17. The predicted octanol–water partition coefficient (Wildman–Crippen LogP) is 0.648. The average Bonchev–Trinajstić information content (AvgIpc) is 2.51. The van der Waals surface area contributed by atoms with Gasteiger partial charge in [0.05, 0.1) is 5.76 Å². The van der Waals surface area contributed by atoms with Crippen molar-refractivity contribution in [3.63, 3.8) is 0 Å². The van der Waals surface area contributed by atoms with E-state index in [0.717, 1.165) is 5.76 Å². The van der Waals surface area contributed by atoms with Gasteiger partial charge in [-0.05, 0) is 19.1 Å². The molecule has 5 nitrogen and oxygen atoms in total. The van der Waals surface area contributed by atoms with Crippen LogP contribution in [-0.2, 0) is 4.74 Å². The second-order valence-electron chi connectivity index (χ2n) is 3.17. The van der Waals surface area contributed by atoms with Crippen LogP contribution in [0.4, 0.5) is 5.82 Å². The normalized spacial score (nSPS) is 20.4. The molecular weight excluding hydrogens is 182 g/mol. The van der Waals surface area contributed by atoms with Gasteiger partial charge in [-0.2, -0.15) is 4.98 Å². The van der Waals surface area contributed by atoms with Gasteiger partial charge < -0.3 is 10.5 Å². The third-order valence-electron chi connectivity index (χ3n) is 2.09. The zero-order chi connectivity index (χ0) is 10.1. The van der Waals surface area contributed by atoms with Crippen LogP contribution in [0.5, 0.6) is 0 Å². The highest BCUT2D eigenvalue weighted by Gasteiger charge is 2.18. The van der Waals surface area contributed by atoms with Crippen molar-refractivity contribution in [3.05, 3.63) is 34.6 Å². The molecule has 1 aromatic heterocycles. The Morgan fingerprint density at radius 1 is 1.71 bits per heavy atom. The van der Waals surface area contributed by atoms with E-state index in [0.29, 0.717) is 6.42 Å². The summed E-state index contributed by atoms with van der Waals surface area (Å²) in [5.74, 6) is 1.06. The highest BCUT2D eigenvalue weighted by atomic mass is 16.5. The van der Waals surface area contributed by atoms with Crippen molar-refractivity contribution in [1.29, 1.82) is 0 Å². The Kier molecular flexibility index (Phi) is 1.99. The first-order valence-corrected chi connectivity index (χ1v) is 4.35. The lowest BCUT2D eigenvalue weighted by molar-refractivity contribution is 0.0794. The molecule has 0 fully saturated rings. The largest absolute Gasteiger partial charge is 0.475 e. The second kappa shape index (κ2) is 3.17. The number of allylic oxidation sites excluding steroid dienone is 1. The Hall–Kier alpha value is -1.78. The van der Waals surface area contributed by atoms with Crippen LogP contribution >= 0.6 is 0 Å². The van der Waals surface area contributed by atoms with E-state index in [4.69, 9.17) is 10.5 Å². The third kappa shape index (κ3) is 1.48. The summed E-state index contributed by atoms with van der Waals surface area (Å²) in [4.78, 5) is 15.0. The van der Waals surface area contributed by atoms with Gasteiger partial charge in [-0.3, -0.25) is 4.57 Å². The van der Waals surface area contributed by atoms with E-state index >= 15 is 0 Å². The number of nitrogens with zero attached hydrogens (tertiary/aromatic N) is 2. The summed E-state index contributed by atoms with van der Waals surface area (Å²) in [5, 5.41) is 0. The van der Waals surface area contributed by atoms with Crippen molar-refractivity contribution in [3.8, 4) is 0 Å². The van der Waals surface area contributed by atoms with Crippen molar-refractivity contribution in [2.24, 2.45) is 0 Å². The van der Waals surface area contributed by atoms with Gasteiger partial charge >= 0.3 is 5.69 Å². The molecular formula is C9H11N3O2. The van der Waals surface area contributed by atoms with E-state index in [9.17, 15) is 4.79 Å². The minimum atomic E-state index is -0.377. The van der Waals surface area contributed by atoms with Crippen molar-refractivity contribution >= 4 is 5.82 Å². The van der Waals surface area contributed by atoms with Crippen LogP contribution in [-0.4, -0.2) is 9.55 Å². The lowest BCUT2D eigenvalue weighted by atomic mass is 10.4. The highest BCUT2D eigenvalue weighted by Crippen LogP contribution is 2.23. The van der Waals surface area contributed by atoms with Gasteiger partial charge in [0.25, 0.3) is 0 Å². The Balaban J connectivity index is 2.30. The molecule has 0 aromatic carbocycles. The molecule has 0 radical (unpaired) electrons. The van der Waals surface area contributed by atoms with E-state index in [-0.39, 0.29) is 17.7 Å². The fraction of sp³-hybridized carbons (Fsp3) is 0.333. The Labute approximate surface area is 80.8 Å². The van der Waals surface area contributed by atoms with Crippen LogP contribution < -0.4 is 11.4 Å². The summed E-state index contributed by atoms with van der Waals surface area (Å²) in [5.41, 5.74) is 5.00. The first kappa shape index (κ1) is 8.80. The molecule has 0 unspecified atom stereocenters. The molecule has 0 saturated carbocycles. The molecule has 1 aliphatic heterocycles. The molecule has 0 saturated heterocycles. The monoisotopic (exact) mass is 193 g/mol. The van der Waals surface area contributed by atoms with Crippen LogP contribution in [0.2, 0.25) is 0 Å². The number of rotatable bonds is 1. The minimum absolute atomic E-state index is 0.230. The number of hydrogen-bond acceptors (Lipinski definition) is 4. The van der Waals surface area contributed by atoms with Gasteiger partial charge in [-0.15, -0.1) is 0 Å². The maximum Gasteiger partial charge on any atom is 0.352 e. The Bertz CT molecular complexity index is 436. The minimum Gasteiger partial charge on any atom is -0.475 e. The molecule has 2 heterocycles. The summed E-state index contributed by atoms with van der Waals surface area (Å²) in [7, 11) is 0. The molecule has 1 aromatic rings. The lowest BCUT2D eigenvalue weighted by Crippen LogP contribution is -2.26. The molecule has 2 rings (SSSR count). The van der Waals surface area contributed by atoms with E-state index < -0.39 is 0 Å². The molecule has 1 aliphatic rings. The summed E-state index contributed by atoms with van der Waals surface area (Å²) in [6.07, 6.45) is 3.96. The smallest absolute Gasteiger partial charge is 0.352 e. The van der Waals surface area contributed by atoms with Crippen molar-refractivity contribution < 1.29 is 4.74 Å². The van der Waals surface area contributed by atoms with Crippen molar-refractivity contribution in [2.45, 2.75) is 19.6 Å². The van der Waals surface area contributed by atoms with Gasteiger partial charge in [0.2, 0.25) is 0 Å². The number of nitrogen functional groups attached to an aromatic ring is 1. The zero-order valence-corrected chi connectivity index (χ0v) is 7.80. The Morgan fingerprint density at radius 2 is 2.50 bits per heavy atom. The number of ether oxygens (including phenoxy) is 1. The van der Waals surface area contributed by atoms with E-state index in [2.05, 4.69) is 4.98 Å². The van der Waals surface area contributed by atoms with Gasteiger partial charge in [0, 0.05) is 12.6 Å². The fourth-order valence-electron chi connectivity index (χ4n) is 1.39. The topological polar surface area (TPSA) is 70.1 Å². The maximum atomic E-state index is 11.4. The molecule has 5 heteroatoms. The first-order chi connectivity index (χ1) is 6.66. The molecule has 2 N–H and O–H groups in total. The van der Waals surface area contributed by atoms with E-state index in [1.807, 2.05) is 13.0 Å². The standard InChI is InChI=1S/C9H11N3O2/c1-6-2-3-8(14-6)12-5-4-7(10)11-9(12)13/h2,4-5,8H,3H2,1H3,(H2,10,11,13)/t8-/m1/s1. The quantitative estimate of drug-likeness (QED) is 0.710. The molecule has 74 valence electrons. The number of aromatic nitrogens is 2. The predicted molar refractivity (Wildman–Crippen MR) is 51.4 cm³/mol. The van der Waals surface area contributed by atoms with Crippen LogP contribution in [0.25, 0.3) is 0 Å². The van der Waals surface area contributed by atoms with Crippen LogP contribution in [0, 0.1) is 0 Å². The molecule has 0 aliphatic carbocycles. The van der Waals surface area contributed by atoms with Crippen LogP contribution in [0.3, 0.4) is 0 Å². The van der Waals surface area contributed by atoms with Crippen LogP contribution in [0.1, 0.15) is 19.6 Å². The summed E-state index contributed by atoms with van der Waals surface area (Å²) in [6, 6.07) is 1.58. The third-order valence-corrected chi connectivity index (χ3v) is 2.09. The fourth-order valence-corrected chi connectivity index (χ4v) is 1.39. The van der Waals surface area contributed by atoms with Crippen LogP contribution in [0.15, 0.2) is 28.9 Å². The molecule has 0 bridgehead atoms. The SMILES string of the molecule is CC1=CC[C@H](n2ccc(N)nc2=O)O1. The van der Waals surface area contributed by atoms with Gasteiger partial charge in [-0.1, -0.05) is 0 Å². The molecule has 0 spiro atoms. The molecule has 0 amide bonds. The highest BCUT2D eigenvalue weighted by molar-refractivity contribution is 5.23. The van der Waals surface area contributed by atoms with Gasteiger partial charge in [0.15, 0.2) is 6.23 Å². The zero-order valence-electron chi connectivity index (χ0n) is 7.80. The maximum absolute atomic E-state index is 11.4. The van der Waals surface area contributed by atoms with Crippen molar-refractivity contribution in [2.75, 3.05) is 5.73 Å². The average molecular weight is 193 g/mol. The molecule has 14 heavy (non-hydrogen) atoms. The first-order valence-electron chi connectivity index (χ1n) is 4.35. The van der Waals surface area contributed by atoms with E-state index in [1.54, 1.807) is 12.3 Å². The number of nitrogens with two attached hydrogens (primary N) is 1. The van der Waals surface area contributed by atoms with Gasteiger partial charge in [0.1, 0.15) is 5.82 Å². The summed E-state index contributed by atoms with van der Waals surface area (Å²) < 4.78 is 6.85. The summed E-state index contributed by atoms with van der Waals surface area (Å²) >= 11 is 0. The Morgan fingerprint density at radius 3 is 3.07 bits per heavy atom. The molecule has 1 atom stereocenters. The number of hydrogen-bond donors (Lipinski definition) is 1. The summed E-state index contributed by atoms with van der Waals surface area (Å²) in [6.45, 7) is 1.86. The van der Waals surface area contributed by atoms with Crippen molar-refractivity contribution in [1.82, 2.24) is 9.55 Å². The van der Waals surface area contributed by atoms with Gasteiger partial charge in [-0.25, -0.2) is 4.79 Å².